The van der Waals surface area contributed by atoms with E-state index in [2.05, 4.69) is 10.3 Å². The Bertz CT molecular complexity index is 712. The van der Waals surface area contributed by atoms with Gasteiger partial charge in [-0.05, 0) is 25.0 Å². The Kier molecular flexibility index (Phi) is 3.70. The number of nitrogens with zero attached hydrogens (tertiary/aromatic N) is 2. The maximum absolute atomic E-state index is 11.4. The smallest absolute Gasteiger partial charge is 0.150 e. The highest BCUT2D eigenvalue weighted by Crippen LogP contribution is 2.14. The van der Waals surface area contributed by atoms with E-state index in [9.17, 15) is 8.42 Å². The normalized spacial score (nSPS) is 19.4. The Balaban J connectivity index is 1.63. The van der Waals surface area contributed by atoms with Crippen molar-refractivity contribution in [2.45, 2.75) is 25.4 Å². The van der Waals surface area contributed by atoms with Crippen LogP contribution in [-0.2, 0) is 16.4 Å². The third kappa shape index (κ3) is 3.13. The maximum Gasteiger partial charge on any atom is 0.150 e. The zero-order chi connectivity index (χ0) is 14.2. The molecule has 0 amide bonds. The Morgan fingerprint density at radius 2 is 2.05 bits per heavy atom. The van der Waals surface area contributed by atoms with Crippen molar-refractivity contribution >= 4 is 27.1 Å². The van der Waals surface area contributed by atoms with E-state index in [4.69, 9.17) is 11.6 Å². The molecular weight excluding hydrogens is 298 g/mol. The topological polar surface area (TPSA) is 63.5 Å². The number of halogens is 1. The van der Waals surface area contributed by atoms with Gasteiger partial charge in [0.25, 0.3) is 0 Å². The van der Waals surface area contributed by atoms with Gasteiger partial charge in [-0.15, -0.1) is 0 Å². The number of imidazole rings is 1. The molecule has 1 saturated heterocycles. The van der Waals surface area contributed by atoms with Crippen LogP contribution >= 0.6 is 11.6 Å². The summed E-state index contributed by atoms with van der Waals surface area (Å²) in [6.07, 6.45) is 5.12. The summed E-state index contributed by atoms with van der Waals surface area (Å²) in [4.78, 5) is 4.49. The maximum atomic E-state index is 11.4. The van der Waals surface area contributed by atoms with Crippen LogP contribution in [0.5, 0.6) is 0 Å². The Morgan fingerprint density at radius 1 is 1.30 bits per heavy atom. The molecule has 3 rings (SSSR count). The van der Waals surface area contributed by atoms with Crippen molar-refractivity contribution in [3.8, 4) is 0 Å². The van der Waals surface area contributed by atoms with Gasteiger partial charge in [-0.3, -0.25) is 0 Å². The molecule has 0 atom stereocenters. The molecule has 0 bridgehead atoms. The number of sulfone groups is 1. The van der Waals surface area contributed by atoms with E-state index in [0.717, 1.165) is 11.3 Å². The lowest BCUT2D eigenvalue weighted by molar-refractivity contribution is 0.461. The third-order valence-electron chi connectivity index (χ3n) is 3.59. The van der Waals surface area contributed by atoms with E-state index < -0.39 is 9.84 Å². The molecule has 7 heteroatoms. The molecular formula is C13H16ClN3O2S. The molecule has 1 aliphatic rings. The second-order valence-electron chi connectivity index (χ2n) is 5.15. The summed E-state index contributed by atoms with van der Waals surface area (Å²) in [5, 5.41) is 4.05. The van der Waals surface area contributed by atoms with Crippen molar-refractivity contribution in [3.63, 3.8) is 0 Å². The first-order valence-electron chi connectivity index (χ1n) is 6.59. The number of pyridine rings is 1. The quantitative estimate of drug-likeness (QED) is 0.936. The van der Waals surface area contributed by atoms with Crippen molar-refractivity contribution in [1.82, 2.24) is 14.7 Å². The van der Waals surface area contributed by atoms with Gasteiger partial charge in [0.05, 0.1) is 22.2 Å². The summed E-state index contributed by atoms with van der Waals surface area (Å²) < 4.78 is 24.6. The molecule has 20 heavy (non-hydrogen) atoms. The van der Waals surface area contributed by atoms with Gasteiger partial charge in [-0.1, -0.05) is 11.6 Å². The highest BCUT2D eigenvalue weighted by molar-refractivity contribution is 7.91. The van der Waals surface area contributed by atoms with Gasteiger partial charge in [0.1, 0.15) is 15.5 Å². The van der Waals surface area contributed by atoms with E-state index in [1.54, 1.807) is 0 Å². The van der Waals surface area contributed by atoms with Crippen LogP contribution in [0.1, 0.15) is 18.5 Å². The summed E-state index contributed by atoms with van der Waals surface area (Å²) in [6, 6.07) is 3.94. The average Bonchev–Trinajstić information content (AvgIpc) is 2.79. The van der Waals surface area contributed by atoms with Crippen LogP contribution in [0.3, 0.4) is 0 Å². The number of hydrogen-bond donors (Lipinski definition) is 1. The van der Waals surface area contributed by atoms with Crippen molar-refractivity contribution in [2.24, 2.45) is 0 Å². The van der Waals surface area contributed by atoms with Gasteiger partial charge >= 0.3 is 0 Å². The summed E-state index contributed by atoms with van der Waals surface area (Å²) in [7, 11) is -2.80. The van der Waals surface area contributed by atoms with E-state index >= 15 is 0 Å². The average molecular weight is 314 g/mol. The number of fused-ring (bicyclic) bond motifs is 1. The van der Waals surface area contributed by atoms with E-state index in [0.29, 0.717) is 24.4 Å². The van der Waals surface area contributed by atoms with Crippen LogP contribution < -0.4 is 5.32 Å². The number of aromatic nitrogens is 2. The van der Waals surface area contributed by atoms with Gasteiger partial charge in [0.15, 0.2) is 0 Å². The molecule has 0 saturated carbocycles. The van der Waals surface area contributed by atoms with Crippen LogP contribution in [0.4, 0.5) is 0 Å². The summed E-state index contributed by atoms with van der Waals surface area (Å²) in [6.45, 7) is 0.643. The number of nitrogens with one attached hydrogen (secondary N) is 1. The molecule has 0 spiro atoms. The Morgan fingerprint density at radius 3 is 2.80 bits per heavy atom. The second-order valence-corrected chi connectivity index (χ2v) is 7.89. The number of hydrogen-bond acceptors (Lipinski definition) is 4. The van der Waals surface area contributed by atoms with E-state index in [1.165, 1.54) is 0 Å². The van der Waals surface area contributed by atoms with Crippen LogP contribution in [0, 0.1) is 0 Å². The minimum Gasteiger partial charge on any atom is -0.308 e. The first-order valence-corrected chi connectivity index (χ1v) is 8.79. The number of rotatable bonds is 3. The molecule has 0 aliphatic carbocycles. The monoisotopic (exact) mass is 313 g/mol. The summed E-state index contributed by atoms with van der Waals surface area (Å²) >= 11 is 5.93. The molecule has 3 heterocycles. The molecule has 0 aromatic carbocycles. The summed E-state index contributed by atoms with van der Waals surface area (Å²) in [5.41, 5.74) is 1.79. The molecule has 2 aromatic rings. The van der Waals surface area contributed by atoms with Crippen LogP contribution in [0.25, 0.3) is 5.65 Å². The zero-order valence-electron chi connectivity index (χ0n) is 10.9. The van der Waals surface area contributed by atoms with E-state index in [-0.39, 0.29) is 17.5 Å². The standard InChI is InChI=1S/C13H16ClN3O2S/c14-10-1-2-13-16-12(9-17(13)8-10)7-15-11-3-5-20(18,19)6-4-11/h1-2,8-9,11,15H,3-7H2. The second kappa shape index (κ2) is 5.35. The lowest BCUT2D eigenvalue weighted by atomic mass is 10.1. The fourth-order valence-corrected chi connectivity index (χ4v) is 4.10. The van der Waals surface area contributed by atoms with Crippen LogP contribution in [-0.4, -0.2) is 35.4 Å². The molecule has 2 aromatic heterocycles. The van der Waals surface area contributed by atoms with Crippen molar-refractivity contribution in [1.29, 1.82) is 0 Å². The van der Waals surface area contributed by atoms with Crippen molar-refractivity contribution in [2.75, 3.05) is 11.5 Å². The first-order chi connectivity index (χ1) is 9.52. The Labute approximate surface area is 122 Å². The highest BCUT2D eigenvalue weighted by Gasteiger charge is 2.23. The van der Waals surface area contributed by atoms with E-state index in [1.807, 2.05) is 28.9 Å². The molecule has 1 aliphatic heterocycles. The van der Waals surface area contributed by atoms with Gasteiger partial charge in [-0.2, -0.15) is 0 Å². The predicted octanol–water partition coefficient (Wildman–Crippen LogP) is 1.65. The van der Waals surface area contributed by atoms with Gasteiger partial charge < -0.3 is 9.72 Å². The first kappa shape index (κ1) is 13.9. The summed E-state index contributed by atoms with van der Waals surface area (Å²) in [5.74, 6) is 0.566. The third-order valence-corrected chi connectivity index (χ3v) is 5.53. The predicted molar refractivity (Wildman–Crippen MR) is 78.7 cm³/mol. The molecule has 0 unspecified atom stereocenters. The van der Waals surface area contributed by atoms with Crippen LogP contribution in [0.2, 0.25) is 5.02 Å². The van der Waals surface area contributed by atoms with Gasteiger partial charge in [0, 0.05) is 25.0 Å². The molecule has 0 radical (unpaired) electrons. The zero-order valence-corrected chi connectivity index (χ0v) is 12.5. The van der Waals surface area contributed by atoms with Crippen molar-refractivity contribution in [3.05, 3.63) is 35.2 Å². The fraction of sp³-hybridized carbons (Fsp3) is 0.462. The largest absolute Gasteiger partial charge is 0.308 e. The lowest BCUT2D eigenvalue weighted by Crippen LogP contribution is -2.37. The SMILES string of the molecule is O=S1(=O)CCC(NCc2cn3cc(Cl)ccc3n2)CC1. The minimum atomic E-state index is -2.80. The molecule has 108 valence electrons. The Hall–Kier alpha value is -1.11. The van der Waals surface area contributed by atoms with Crippen molar-refractivity contribution < 1.29 is 8.42 Å². The molecule has 1 N–H and O–H groups in total. The minimum absolute atomic E-state index is 0.256. The fourth-order valence-electron chi connectivity index (χ4n) is 2.45. The highest BCUT2D eigenvalue weighted by atomic mass is 35.5. The molecule has 5 nitrogen and oxygen atoms in total. The van der Waals surface area contributed by atoms with Crippen LogP contribution in [0.15, 0.2) is 24.5 Å². The van der Waals surface area contributed by atoms with Gasteiger partial charge in [-0.25, -0.2) is 13.4 Å². The lowest BCUT2D eigenvalue weighted by Gasteiger charge is -2.22. The molecule has 1 fully saturated rings. The van der Waals surface area contributed by atoms with Gasteiger partial charge in [0.2, 0.25) is 0 Å².